The number of aliphatic hydroxyl groups is 1. The van der Waals surface area contributed by atoms with Crippen LogP contribution in [0, 0.1) is 0 Å². The number of carbonyl (C=O) groups excluding carboxylic acids is 1. The zero-order chi connectivity index (χ0) is 29.2. The zero-order valence-corrected chi connectivity index (χ0v) is 26.1. The van der Waals surface area contributed by atoms with Crippen LogP contribution in [0.1, 0.15) is 136 Å². The van der Waals surface area contributed by atoms with Crippen molar-refractivity contribution in [3.05, 3.63) is 60.8 Å². The van der Waals surface area contributed by atoms with Crippen molar-refractivity contribution in [2.24, 2.45) is 0 Å². The van der Waals surface area contributed by atoms with E-state index in [0.717, 1.165) is 51.4 Å². The van der Waals surface area contributed by atoms with Crippen molar-refractivity contribution in [2.45, 2.75) is 142 Å². The first-order valence-corrected chi connectivity index (χ1v) is 16.4. The molecule has 0 heterocycles. The molecule has 230 valence electrons. The number of ether oxygens (including phenoxy) is 2. The lowest BCUT2D eigenvalue weighted by Crippen LogP contribution is -2.27. The zero-order valence-electron chi connectivity index (χ0n) is 26.1. The van der Waals surface area contributed by atoms with Gasteiger partial charge in [0.05, 0.1) is 13.2 Å². The van der Waals surface area contributed by atoms with Gasteiger partial charge in [-0.25, -0.2) is 0 Å². The van der Waals surface area contributed by atoms with Gasteiger partial charge in [-0.1, -0.05) is 132 Å². The van der Waals surface area contributed by atoms with Crippen molar-refractivity contribution in [1.82, 2.24) is 0 Å². The van der Waals surface area contributed by atoms with Crippen LogP contribution in [0.5, 0.6) is 0 Å². The molecular weight excluding hydrogens is 496 g/mol. The molecule has 0 fully saturated rings. The fraction of sp³-hybridized carbons (Fsp3) is 0.694. The van der Waals surface area contributed by atoms with Crippen molar-refractivity contribution in [2.75, 3.05) is 19.8 Å². The van der Waals surface area contributed by atoms with E-state index in [0.29, 0.717) is 13.0 Å². The Hall–Kier alpha value is -1.91. The van der Waals surface area contributed by atoms with E-state index in [9.17, 15) is 9.90 Å². The van der Waals surface area contributed by atoms with E-state index in [1.165, 1.54) is 64.2 Å². The molecule has 0 amide bonds. The van der Waals surface area contributed by atoms with Gasteiger partial charge in [-0.15, -0.1) is 0 Å². The van der Waals surface area contributed by atoms with E-state index in [1.54, 1.807) is 0 Å². The number of hydrogen-bond donors (Lipinski definition) is 1. The van der Waals surface area contributed by atoms with Crippen LogP contribution in [-0.4, -0.2) is 37.0 Å². The molecule has 0 bridgehead atoms. The van der Waals surface area contributed by atoms with Gasteiger partial charge in [-0.3, -0.25) is 4.79 Å². The molecule has 0 saturated heterocycles. The molecule has 0 aliphatic heterocycles. The predicted octanol–water partition coefficient (Wildman–Crippen LogP) is 10.1. The molecule has 0 radical (unpaired) electrons. The molecule has 0 aromatic rings. The molecule has 1 N–H and O–H groups in total. The third-order valence-electron chi connectivity index (χ3n) is 6.61. The van der Waals surface area contributed by atoms with Gasteiger partial charge in [0.15, 0.2) is 0 Å². The summed E-state index contributed by atoms with van der Waals surface area (Å²) in [6, 6.07) is 0. The maximum absolute atomic E-state index is 11.6. The van der Waals surface area contributed by atoms with Crippen molar-refractivity contribution in [3.8, 4) is 0 Å². The molecule has 0 aliphatic rings. The van der Waals surface area contributed by atoms with Gasteiger partial charge >= 0.3 is 5.97 Å². The van der Waals surface area contributed by atoms with Gasteiger partial charge in [0, 0.05) is 13.0 Å². The van der Waals surface area contributed by atoms with Crippen LogP contribution in [0.3, 0.4) is 0 Å². The average molecular weight is 559 g/mol. The van der Waals surface area contributed by atoms with Crippen LogP contribution in [0.25, 0.3) is 0 Å². The molecule has 1 unspecified atom stereocenters. The summed E-state index contributed by atoms with van der Waals surface area (Å²) in [6.45, 7) is 4.98. The minimum Gasteiger partial charge on any atom is -0.457 e. The number of rotatable bonds is 29. The van der Waals surface area contributed by atoms with Crippen molar-refractivity contribution in [3.63, 3.8) is 0 Å². The van der Waals surface area contributed by atoms with Gasteiger partial charge < -0.3 is 14.6 Å². The Bertz CT molecular complexity index is 674. The highest BCUT2D eigenvalue weighted by Crippen LogP contribution is 2.12. The first kappa shape index (κ1) is 38.1. The summed E-state index contributed by atoms with van der Waals surface area (Å²) in [4.78, 5) is 11.6. The minimum atomic E-state index is -0.531. The van der Waals surface area contributed by atoms with E-state index in [-0.39, 0.29) is 19.2 Å². The highest BCUT2D eigenvalue weighted by molar-refractivity contribution is 5.69. The molecule has 0 aromatic heterocycles. The lowest BCUT2D eigenvalue weighted by Gasteiger charge is -2.15. The van der Waals surface area contributed by atoms with Crippen molar-refractivity contribution in [1.29, 1.82) is 0 Å². The minimum absolute atomic E-state index is 0.179. The number of esters is 1. The monoisotopic (exact) mass is 558 g/mol. The maximum Gasteiger partial charge on any atom is 0.306 e. The Kier molecular flexibility index (Phi) is 31.7. The Labute approximate surface area is 247 Å². The summed E-state index contributed by atoms with van der Waals surface area (Å²) in [5.74, 6) is -0.241. The molecule has 0 aromatic carbocycles. The van der Waals surface area contributed by atoms with E-state index in [1.807, 2.05) is 6.92 Å². The third kappa shape index (κ3) is 30.6. The van der Waals surface area contributed by atoms with Gasteiger partial charge in [0.1, 0.15) is 6.10 Å². The Morgan fingerprint density at radius 2 is 1.10 bits per heavy atom. The SMILES string of the molecule is CC/C=C\C/C=C\C/C=C\C/C=C\C/C=C\CCCCCCCCCCCCOCC(CO)OC(=O)CCCC. The smallest absolute Gasteiger partial charge is 0.306 e. The van der Waals surface area contributed by atoms with Crippen molar-refractivity contribution < 1.29 is 19.4 Å². The molecule has 0 saturated carbocycles. The normalized spacial score (nSPS) is 13.2. The van der Waals surface area contributed by atoms with Gasteiger partial charge in [0.2, 0.25) is 0 Å². The molecule has 40 heavy (non-hydrogen) atoms. The number of aliphatic hydroxyl groups excluding tert-OH is 1. The van der Waals surface area contributed by atoms with E-state index in [2.05, 4.69) is 67.7 Å². The fourth-order valence-electron chi connectivity index (χ4n) is 4.15. The van der Waals surface area contributed by atoms with Crippen LogP contribution in [0.2, 0.25) is 0 Å². The van der Waals surface area contributed by atoms with Gasteiger partial charge in [0.25, 0.3) is 0 Å². The summed E-state index contributed by atoms with van der Waals surface area (Å²) in [5, 5.41) is 9.34. The molecule has 0 spiro atoms. The van der Waals surface area contributed by atoms with Crippen LogP contribution < -0.4 is 0 Å². The standard InChI is InChI=1S/C36H62O4/c1-3-5-7-8-9-10-11-12-13-14-15-16-17-18-19-20-21-22-23-24-25-26-27-28-29-30-32-39-34-35(33-37)40-36(38)31-6-4-2/h5,7,9-10,12-13,15-16,18-19,35,37H,3-4,6,8,11,14,17,20-34H2,1-2H3/b7-5-,10-9-,13-12-,16-15-,19-18-. The fourth-order valence-corrected chi connectivity index (χ4v) is 4.15. The Morgan fingerprint density at radius 1 is 0.625 bits per heavy atom. The number of carbonyl (C=O) groups is 1. The second kappa shape index (κ2) is 33.3. The second-order valence-corrected chi connectivity index (χ2v) is 10.5. The first-order chi connectivity index (χ1) is 19.7. The average Bonchev–Trinajstić information content (AvgIpc) is 2.96. The maximum atomic E-state index is 11.6. The predicted molar refractivity (Wildman–Crippen MR) is 173 cm³/mol. The summed E-state index contributed by atoms with van der Waals surface area (Å²) in [6.07, 6.45) is 43.5. The molecule has 1 atom stereocenters. The van der Waals surface area contributed by atoms with E-state index in [4.69, 9.17) is 9.47 Å². The molecule has 0 rings (SSSR count). The first-order valence-electron chi connectivity index (χ1n) is 16.4. The number of allylic oxidation sites excluding steroid dienone is 10. The van der Waals surface area contributed by atoms with Gasteiger partial charge in [-0.2, -0.15) is 0 Å². The number of unbranched alkanes of at least 4 members (excludes halogenated alkanes) is 11. The summed E-state index contributed by atoms with van der Waals surface area (Å²) in [7, 11) is 0. The van der Waals surface area contributed by atoms with Crippen LogP contribution in [-0.2, 0) is 14.3 Å². The summed E-state index contributed by atoms with van der Waals surface area (Å²) < 4.78 is 10.8. The molecule has 0 aliphatic carbocycles. The van der Waals surface area contributed by atoms with Crippen LogP contribution in [0.15, 0.2) is 60.8 Å². The highest BCUT2D eigenvalue weighted by Gasteiger charge is 2.13. The molecule has 4 heteroatoms. The third-order valence-corrected chi connectivity index (χ3v) is 6.61. The lowest BCUT2D eigenvalue weighted by molar-refractivity contribution is -0.154. The summed E-state index contributed by atoms with van der Waals surface area (Å²) in [5.41, 5.74) is 0. The van der Waals surface area contributed by atoms with E-state index >= 15 is 0 Å². The molecule has 4 nitrogen and oxygen atoms in total. The van der Waals surface area contributed by atoms with Crippen LogP contribution >= 0.6 is 0 Å². The van der Waals surface area contributed by atoms with E-state index < -0.39 is 6.10 Å². The largest absolute Gasteiger partial charge is 0.457 e. The number of hydrogen-bond acceptors (Lipinski definition) is 4. The van der Waals surface area contributed by atoms with Crippen LogP contribution in [0.4, 0.5) is 0 Å². The Morgan fingerprint density at radius 3 is 1.60 bits per heavy atom. The Balaban J connectivity index is 3.39. The summed E-state index contributed by atoms with van der Waals surface area (Å²) >= 11 is 0. The van der Waals surface area contributed by atoms with Gasteiger partial charge in [-0.05, 0) is 57.8 Å². The quantitative estimate of drug-likeness (QED) is 0.0564. The van der Waals surface area contributed by atoms with Crippen molar-refractivity contribution >= 4 is 5.97 Å². The molecular formula is C36H62O4. The topological polar surface area (TPSA) is 55.8 Å². The second-order valence-electron chi connectivity index (χ2n) is 10.5. The lowest BCUT2D eigenvalue weighted by atomic mass is 10.1. The highest BCUT2D eigenvalue weighted by atomic mass is 16.6.